The Bertz CT molecular complexity index is 425. The summed E-state index contributed by atoms with van der Waals surface area (Å²) in [7, 11) is 0. The summed E-state index contributed by atoms with van der Waals surface area (Å²) in [5, 5.41) is 7.07. The quantitative estimate of drug-likeness (QED) is 0.792. The molecule has 1 aromatic rings. The van der Waals surface area contributed by atoms with Crippen molar-refractivity contribution in [1.82, 2.24) is 9.97 Å². The van der Waals surface area contributed by atoms with E-state index in [0.29, 0.717) is 6.04 Å². The lowest BCUT2D eigenvalue weighted by atomic mass is 10.2. The largest absolute Gasteiger partial charge is 0.370 e. The Kier molecular flexibility index (Phi) is 5.62. The number of nitrogens with one attached hydrogen (secondary N) is 2. The minimum Gasteiger partial charge on any atom is -0.370 e. The fraction of sp³-hybridized carbons (Fsp3) is 0.750. The average molecular weight is 276 g/mol. The number of aryl methyl sites for hydroxylation is 1. The van der Waals surface area contributed by atoms with Gasteiger partial charge in [0.15, 0.2) is 0 Å². The molecule has 0 amide bonds. The van der Waals surface area contributed by atoms with Crippen molar-refractivity contribution in [2.45, 2.75) is 71.8 Å². The third-order valence-corrected chi connectivity index (χ3v) is 3.90. The highest BCUT2D eigenvalue weighted by atomic mass is 15.1. The molecule has 20 heavy (non-hydrogen) atoms. The smallest absolute Gasteiger partial charge is 0.134 e. The molecular formula is C16H28N4. The second kappa shape index (κ2) is 7.46. The Morgan fingerprint density at radius 1 is 1.05 bits per heavy atom. The van der Waals surface area contributed by atoms with E-state index < -0.39 is 0 Å². The predicted octanol–water partition coefficient (Wildman–Crippen LogP) is 3.91. The molecule has 0 unspecified atom stereocenters. The van der Waals surface area contributed by atoms with Crippen molar-refractivity contribution in [3.8, 4) is 0 Å². The lowest BCUT2D eigenvalue weighted by Crippen LogP contribution is -2.18. The van der Waals surface area contributed by atoms with Crippen LogP contribution in [-0.4, -0.2) is 22.6 Å². The molecule has 1 aromatic heterocycles. The van der Waals surface area contributed by atoms with Crippen molar-refractivity contribution in [3.05, 3.63) is 11.4 Å². The Morgan fingerprint density at radius 2 is 1.75 bits per heavy atom. The van der Waals surface area contributed by atoms with Gasteiger partial charge in [-0.2, -0.15) is 0 Å². The van der Waals surface area contributed by atoms with Crippen molar-refractivity contribution in [2.24, 2.45) is 0 Å². The summed E-state index contributed by atoms with van der Waals surface area (Å²) in [6.45, 7) is 7.43. The maximum atomic E-state index is 4.73. The van der Waals surface area contributed by atoms with E-state index in [1.807, 2.05) is 0 Å². The van der Waals surface area contributed by atoms with E-state index >= 15 is 0 Å². The summed E-state index contributed by atoms with van der Waals surface area (Å²) in [4.78, 5) is 9.40. The van der Waals surface area contributed by atoms with E-state index in [1.54, 1.807) is 0 Å². The average Bonchev–Trinajstić information content (AvgIpc) is 2.94. The molecule has 1 aliphatic carbocycles. The molecule has 1 saturated carbocycles. The molecule has 4 heteroatoms. The van der Waals surface area contributed by atoms with Crippen LogP contribution in [0, 0.1) is 6.92 Å². The van der Waals surface area contributed by atoms with Crippen LogP contribution < -0.4 is 10.6 Å². The van der Waals surface area contributed by atoms with Crippen LogP contribution in [0.15, 0.2) is 0 Å². The maximum absolute atomic E-state index is 4.73. The van der Waals surface area contributed by atoms with Crippen LogP contribution in [0.1, 0.15) is 63.8 Å². The molecule has 0 radical (unpaired) electrons. The summed E-state index contributed by atoms with van der Waals surface area (Å²) in [5.41, 5.74) is 1.16. The minimum absolute atomic E-state index is 0.595. The molecule has 112 valence electrons. The zero-order valence-electron chi connectivity index (χ0n) is 13.1. The standard InChI is InChI=1S/C16H28N4/c1-4-8-14-19-15(17-11-5-2)12(3)16(20-14)18-13-9-6-7-10-13/h13H,4-11H2,1-3H3,(H2,17,18,19,20). The van der Waals surface area contributed by atoms with E-state index in [9.17, 15) is 0 Å². The minimum atomic E-state index is 0.595. The summed E-state index contributed by atoms with van der Waals surface area (Å²) in [6.07, 6.45) is 8.35. The van der Waals surface area contributed by atoms with Crippen molar-refractivity contribution in [2.75, 3.05) is 17.2 Å². The van der Waals surface area contributed by atoms with Gasteiger partial charge in [0.2, 0.25) is 0 Å². The molecule has 0 atom stereocenters. The first-order valence-corrected chi connectivity index (χ1v) is 8.12. The number of anilines is 2. The first-order chi connectivity index (χ1) is 9.74. The molecule has 0 bridgehead atoms. The van der Waals surface area contributed by atoms with Gasteiger partial charge in [-0.1, -0.05) is 26.7 Å². The fourth-order valence-electron chi connectivity index (χ4n) is 2.72. The Labute approximate surface area is 122 Å². The predicted molar refractivity (Wildman–Crippen MR) is 85.4 cm³/mol. The van der Waals surface area contributed by atoms with Gasteiger partial charge < -0.3 is 10.6 Å². The van der Waals surface area contributed by atoms with Gasteiger partial charge in [0.1, 0.15) is 17.5 Å². The molecule has 0 aliphatic heterocycles. The SMILES string of the molecule is CCCNc1nc(CCC)nc(NC2CCCC2)c1C. The van der Waals surface area contributed by atoms with Gasteiger partial charge >= 0.3 is 0 Å². The van der Waals surface area contributed by atoms with Gasteiger partial charge in [-0.15, -0.1) is 0 Å². The highest BCUT2D eigenvalue weighted by Gasteiger charge is 2.18. The Morgan fingerprint density at radius 3 is 2.40 bits per heavy atom. The molecule has 0 saturated heterocycles. The van der Waals surface area contributed by atoms with Crippen LogP contribution in [0.2, 0.25) is 0 Å². The van der Waals surface area contributed by atoms with E-state index in [0.717, 1.165) is 48.8 Å². The molecule has 2 N–H and O–H groups in total. The lowest BCUT2D eigenvalue weighted by molar-refractivity contribution is 0.742. The molecular weight excluding hydrogens is 248 g/mol. The summed E-state index contributed by atoms with van der Waals surface area (Å²) >= 11 is 0. The summed E-state index contributed by atoms with van der Waals surface area (Å²) in [5.74, 6) is 3.00. The Hall–Kier alpha value is -1.32. The third kappa shape index (κ3) is 3.84. The molecule has 1 fully saturated rings. The summed E-state index contributed by atoms with van der Waals surface area (Å²) in [6, 6.07) is 0.595. The fourth-order valence-corrected chi connectivity index (χ4v) is 2.72. The first kappa shape index (κ1) is 15.1. The second-order valence-corrected chi connectivity index (χ2v) is 5.76. The highest BCUT2D eigenvalue weighted by molar-refractivity contribution is 5.57. The van der Waals surface area contributed by atoms with Gasteiger partial charge in [-0.05, 0) is 32.6 Å². The van der Waals surface area contributed by atoms with Crippen LogP contribution in [0.3, 0.4) is 0 Å². The molecule has 0 spiro atoms. The van der Waals surface area contributed by atoms with E-state index in [4.69, 9.17) is 4.98 Å². The van der Waals surface area contributed by atoms with Crippen molar-refractivity contribution >= 4 is 11.6 Å². The van der Waals surface area contributed by atoms with Crippen LogP contribution in [0.4, 0.5) is 11.6 Å². The van der Waals surface area contributed by atoms with Crippen molar-refractivity contribution in [3.63, 3.8) is 0 Å². The van der Waals surface area contributed by atoms with Gasteiger partial charge in [0, 0.05) is 24.6 Å². The van der Waals surface area contributed by atoms with E-state index in [2.05, 4.69) is 36.4 Å². The zero-order chi connectivity index (χ0) is 14.4. The molecule has 0 aromatic carbocycles. The van der Waals surface area contributed by atoms with E-state index in [1.165, 1.54) is 25.7 Å². The third-order valence-electron chi connectivity index (χ3n) is 3.90. The van der Waals surface area contributed by atoms with Crippen LogP contribution in [-0.2, 0) is 6.42 Å². The van der Waals surface area contributed by atoms with Gasteiger partial charge in [0.25, 0.3) is 0 Å². The maximum Gasteiger partial charge on any atom is 0.134 e. The summed E-state index contributed by atoms with van der Waals surface area (Å²) < 4.78 is 0. The highest BCUT2D eigenvalue weighted by Crippen LogP contribution is 2.26. The van der Waals surface area contributed by atoms with Crippen molar-refractivity contribution < 1.29 is 0 Å². The van der Waals surface area contributed by atoms with Crippen LogP contribution in [0.5, 0.6) is 0 Å². The van der Waals surface area contributed by atoms with Crippen LogP contribution in [0.25, 0.3) is 0 Å². The Balaban J connectivity index is 2.19. The second-order valence-electron chi connectivity index (χ2n) is 5.76. The lowest BCUT2D eigenvalue weighted by Gasteiger charge is -2.18. The van der Waals surface area contributed by atoms with E-state index in [-0.39, 0.29) is 0 Å². The van der Waals surface area contributed by atoms with Crippen molar-refractivity contribution in [1.29, 1.82) is 0 Å². The van der Waals surface area contributed by atoms with Gasteiger partial charge in [-0.25, -0.2) is 9.97 Å². The molecule has 4 nitrogen and oxygen atoms in total. The zero-order valence-corrected chi connectivity index (χ0v) is 13.1. The normalized spacial score (nSPS) is 15.6. The topological polar surface area (TPSA) is 49.8 Å². The van der Waals surface area contributed by atoms with Gasteiger partial charge in [0.05, 0.1) is 0 Å². The first-order valence-electron chi connectivity index (χ1n) is 8.12. The number of nitrogens with zero attached hydrogens (tertiary/aromatic N) is 2. The molecule has 1 aliphatic rings. The molecule has 2 rings (SSSR count). The molecule has 1 heterocycles. The number of hydrogen-bond acceptors (Lipinski definition) is 4. The van der Waals surface area contributed by atoms with Gasteiger partial charge in [-0.3, -0.25) is 0 Å². The number of hydrogen-bond donors (Lipinski definition) is 2. The number of aromatic nitrogens is 2. The van der Waals surface area contributed by atoms with Crippen LogP contribution >= 0.6 is 0 Å². The number of rotatable bonds is 7. The monoisotopic (exact) mass is 276 g/mol.